The summed E-state index contributed by atoms with van der Waals surface area (Å²) < 4.78 is 6.47. The highest BCUT2D eigenvalue weighted by atomic mass is 35.5. The first-order valence-electron chi connectivity index (χ1n) is 9.02. The first-order valence-corrected chi connectivity index (χ1v) is 9.39. The number of ether oxygens (including phenoxy) is 1. The lowest BCUT2D eigenvalue weighted by molar-refractivity contribution is 0.144. The molecule has 0 bridgehead atoms. The predicted octanol–water partition coefficient (Wildman–Crippen LogP) is 6.29. The van der Waals surface area contributed by atoms with Gasteiger partial charge in [-0.25, -0.2) is 0 Å². The maximum absolute atomic E-state index is 6.47. The Bertz CT molecular complexity index is 688. The molecule has 25 heavy (non-hydrogen) atoms. The Kier molecular flexibility index (Phi) is 6.71. The third-order valence-electron chi connectivity index (χ3n) is 4.12. The maximum atomic E-state index is 6.47. The van der Waals surface area contributed by atoms with Gasteiger partial charge < -0.3 is 9.64 Å². The molecule has 0 atom stereocenters. The van der Waals surface area contributed by atoms with Crippen molar-refractivity contribution in [2.45, 2.75) is 66.5 Å². The third kappa shape index (κ3) is 4.88. The van der Waals surface area contributed by atoms with Gasteiger partial charge in [0.05, 0.1) is 5.70 Å². The van der Waals surface area contributed by atoms with Gasteiger partial charge in [0.1, 0.15) is 5.75 Å². The Morgan fingerprint density at radius 3 is 2.28 bits per heavy atom. The van der Waals surface area contributed by atoms with Crippen molar-refractivity contribution in [1.82, 2.24) is 4.90 Å². The molecule has 0 saturated heterocycles. The summed E-state index contributed by atoms with van der Waals surface area (Å²) in [5.74, 6) is 1.79. The van der Waals surface area contributed by atoms with Gasteiger partial charge in [0, 0.05) is 28.9 Å². The lowest BCUT2D eigenvalue weighted by Gasteiger charge is -2.34. The summed E-state index contributed by atoms with van der Waals surface area (Å²) in [4.78, 5) is 6.81. The predicted molar refractivity (Wildman–Crippen MR) is 108 cm³/mol. The maximum Gasteiger partial charge on any atom is 0.195 e. The van der Waals surface area contributed by atoms with Crippen molar-refractivity contribution in [2.24, 2.45) is 4.99 Å². The molecule has 1 saturated carbocycles. The summed E-state index contributed by atoms with van der Waals surface area (Å²) in [6.45, 7) is 12.7. The number of allylic oxidation sites excluding steroid dienone is 2. The van der Waals surface area contributed by atoms with Gasteiger partial charge in [0.2, 0.25) is 0 Å². The zero-order valence-electron chi connectivity index (χ0n) is 16.1. The van der Waals surface area contributed by atoms with Crippen LogP contribution in [0.2, 0.25) is 5.02 Å². The van der Waals surface area contributed by atoms with Gasteiger partial charge in [-0.3, -0.25) is 4.99 Å². The third-order valence-corrected chi connectivity index (χ3v) is 4.35. The number of benzene rings is 1. The van der Waals surface area contributed by atoms with Gasteiger partial charge >= 0.3 is 0 Å². The molecule has 1 aromatic carbocycles. The van der Waals surface area contributed by atoms with Crippen LogP contribution in [0.4, 0.5) is 0 Å². The van der Waals surface area contributed by atoms with E-state index in [0.29, 0.717) is 17.1 Å². The van der Waals surface area contributed by atoms with E-state index in [-0.39, 0.29) is 0 Å². The molecule has 0 heterocycles. The smallest absolute Gasteiger partial charge is 0.195 e. The van der Waals surface area contributed by atoms with Crippen molar-refractivity contribution >= 4 is 23.5 Å². The van der Waals surface area contributed by atoms with Crippen LogP contribution in [-0.2, 0) is 0 Å². The lowest BCUT2D eigenvalue weighted by atomic mass is 10.1. The van der Waals surface area contributed by atoms with Crippen LogP contribution in [-0.4, -0.2) is 23.2 Å². The van der Waals surface area contributed by atoms with E-state index < -0.39 is 0 Å². The summed E-state index contributed by atoms with van der Waals surface area (Å²) in [6.07, 6.45) is 5.98. The molecule has 1 aliphatic rings. The fourth-order valence-electron chi connectivity index (χ4n) is 2.98. The van der Waals surface area contributed by atoms with Gasteiger partial charge in [-0.05, 0) is 78.2 Å². The highest BCUT2D eigenvalue weighted by molar-refractivity contribution is 6.30. The Hall–Kier alpha value is -1.74. The van der Waals surface area contributed by atoms with E-state index in [9.17, 15) is 0 Å². The normalized spacial score (nSPS) is 14.6. The molecule has 1 aromatic rings. The molecule has 1 aliphatic carbocycles. The molecule has 4 heteroatoms. The molecule has 0 unspecified atom stereocenters. The minimum absolute atomic E-state index is 0.369. The minimum atomic E-state index is 0.369. The molecule has 0 aromatic heterocycles. The monoisotopic (exact) mass is 360 g/mol. The summed E-state index contributed by atoms with van der Waals surface area (Å²) >= 11 is 6.24. The van der Waals surface area contributed by atoms with Gasteiger partial charge in [-0.15, -0.1) is 0 Å². The fraction of sp³-hybridized carbons (Fsp3) is 0.476. The molecule has 0 spiro atoms. The van der Waals surface area contributed by atoms with Crippen LogP contribution in [0.5, 0.6) is 5.75 Å². The number of nitrogens with zero attached hydrogens (tertiary/aromatic N) is 2. The van der Waals surface area contributed by atoms with E-state index in [1.165, 1.54) is 5.57 Å². The molecule has 3 nitrogen and oxygen atoms in total. The van der Waals surface area contributed by atoms with Crippen molar-refractivity contribution in [3.8, 4) is 5.75 Å². The quantitative estimate of drug-likeness (QED) is 0.421. The summed E-state index contributed by atoms with van der Waals surface area (Å²) in [5.41, 5.74) is 3.16. The number of hydrogen-bond donors (Lipinski definition) is 0. The van der Waals surface area contributed by atoms with E-state index in [2.05, 4.69) is 37.6 Å². The van der Waals surface area contributed by atoms with Crippen molar-refractivity contribution in [3.05, 3.63) is 46.3 Å². The second-order valence-corrected chi connectivity index (χ2v) is 7.24. The lowest BCUT2D eigenvalue weighted by Crippen LogP contribution is -2.38. The van der Waals surface area contributed by atoms with Crippen LogP contribution in [0.15, 0.2) is 40.7 Å². The molecule has 136 valence electrons. The fourth-order valence-corrected chi connectivity index (χ4v) is 3.16. The Balaban J connectivity index is 2.47. The number of hydrogen-bond acceptors (Lipinski definition) is 3. The number of aliphatic imine (C=N–C) groups is 1. The Labute approximate surface area is 157 Å². The van der Waals surface area contributed by atoms with Crippen molar-refractivity contribution in [1.29, 1.82) is 0 Å². The van der Waals surface area contributed by atoms with Crippen LogP contribution in [0.25, 0.3) is 5.70 Å². The first-order chi connectivity index (χ1) is 11.9. The van der Waals surface area contributed by atoms with E-state index in [1.54, 1.807) is 6.21 Å². The molecule has 2 rings (SSSR count). The average Bonchev–Trinajstić information content (AvgIpc) is 3.37. The van der Waals surface area contributed by atoms with Crippen molar-refractivity contribution < 1.29 is 4.74 Å². The largest absolute Gasteiger partial charge is 0.441 e. The van der Waals surface area contributed by atoms with E-state index in [4.69, 9.17) is 16.3 Å². The zero-order valence-corrected chi connectivity index (χ0v) is 16.9. The van der Waals surface area contributed by atoms with Crippen molar-refractivity contribution in [2.75, 3.05) is 0 Å². The van der Waals surface area contributed by atoms with Crippen LogP contribution in [0.1, 0.15) is 59.9 Å². The van der Waals surface area contributed by atoms with E-state index in [0.717, 1.165) is 35.7 Å². The second kappa shape index (κ2) is 8.57. The summed E-state index contributed by atoms with van der Waals surface area (Å²) in [6, 6.07) is 6.47. The van der Waals surface area contributed by atoms with Crippen LogP contribution < -0.4 is 4.74 Å². The minimum Gasteiger partial charge on any atom is -0.441 e. The molecule has 0 N–H and O–H groups in total. The van der Waals surface area contributed by atoms with Gasteiger partial charge in [-0.2, -0.15) is 0 Å². The number of rotatable bonds is 7. The summed E-state index contributed by atoms with van der Waals surface area (Å²) in [7, 11) is 0. The average molecular weight is 361 g/mol. The van der Waals surface area contributed by atoms with Gasteiger partial charge in [0.15, 0.2) is 5.88 Å². The van der Waals surface area contributed by atoms with Crippen LogP contribution in [0.3, 0.4) is 0 Å². The molecule has 1 fully saturated rings. The van der Waals surface area contributed by atoms with E-state index in [1.807, 2.05) is 38.1 Å². The van der Waals surface area contributed by atoms with Crippen molar-refractivity contribution in [3.63, 3.8) is 0 Å². The molecule has 0 radical (unpaired) electrons. The topological polar surface area (TPSA) is 24.8 Å². The standard InChI is InChI=1S/C21H29ClN2O/c1-7-19(23-8-2)18-13-17(22)11-12-20(18)25-21(16-9-10-16)24(14(3)4)15(5)6/h7-8,11-15H,9-10H2,1-6H3/b19-7-,23-8-. The SMILES string of the molecule is C/C=N\C(=C/C)c1cc(Cl)ccc1OC(=C1CC1)N(C(C)C)C(C)C. The Morgan fingerprint density at radius 1 is 1.16 bits per heavy atom. The molecular formula is C21H29ClN2O. The number of halogens is 1. The first kappa shape index (κ1) is 19.6. The highest BCUT2D eigenvalue weighted by Crippen LogP contribution is 2.38. The summed E-state index contributed by atoms with van der Waals surface area (Å²) in [5, 5.41) is 0.679. The Morgan fingerprint density at radius 2 is 1.80 bits per heavy atom. The highest BCUT2D eigenvalue weighted by Gasteiger charge is 2.28. The van der Waals surface area contributed by atoms with Gasteiger partial charge in [-0.1, -0.05) is 17.7 Å². The zero-order chi connectivity index (χ0) is 18.6. The van der Waals surface area contributed by atoms with E-state index >= 15 is 0 Å². The molecule has 0 aliphatic heterocycles. The van der Waals surface area contributed by atoms with Gasteiger partial charge in [0.25, 0.3) is 0 Å². The van der Waals surface area contributed by atoms with Crippen LogP contribution in [0, 0.1) is 0 Å². The van der Waals surface area contributed by atoms with Crippen LogP contribution >= 0.6 is 11.6 Å². The molecule has 0 amide bonds. The second-order valence-electron chi connectivity index (χ2n) is 6.81. The molecular weight excluding hydrogens is 332 g/mol.